The van der Waals surface area contributed by atoms with Gasteiger partial charge in [0.25, 0.3) is 11.7 Å². The molecule has 29 heavy (non-hydrogen) atoms. The molecule has 1 unspecified atom stereocenters. The number of anilines is 1. The highest BCUT2D eigenvalue weighted by atomic mass is 35.5. The van der Waals surface area contributed by atoms with Crippen LogP contribution in [0.3, 0.4) is 0 Å². The first-order valence-electron chi connectivity index (χ1n) is 8.79. The van der Waals surface area contributed by atoms with Gasteiger partial charge in [-0.15, -0.1) is 0 Å². The number of amides is 1. The molecule has 1 fully saturated rings. The zero-order valence-electron chi connectivity index (χ0n) is 15.3. The molecule has 1 atom stereocenters. The molecule has 0 aliphatic carbocycles. The third-order valence-corrected chi connectivity index (χ3v) is 4.95. The molecule has 7 heteroatoms. The second-order valence-electron chi connectivity index (χ2n) is 6.62. The molecule has 4 rings (SSSR count). The molecule has 1 aliphatic heterocycles. The number of carbonyl (C=O) groups is 2. The summed E-state index contributed by atoms with van der Waals surface area (Å²) < 4.78 is 5.70. The number of aliphatic hydroxyl groups excluding tert-OH is 1. The summed E-state index contributed by atoms with van der Waals surface area (Å²) in [5.74, 6) is -1.45. The molecular weight excluding hydrogens is 394 g/mol. The van der Waals surface area contributed by atoms with E-state index in [2.05, 4.69) is 0 Å². The third kappa shape index (κ3) is 3.17. The number of benzene rings is 2. The lowest BCUT2D eigenvalue weighted by atomic mass is 9.99. The number of aliphatic hydroxyl groups is 1. The Labute approximate surface area is 171 Å². The molecule has 2 heterocycles. The molecule has 0 bridgehead atoms. The number of rotatable bonds is 3. The largest absolute Gasteiger partial charge is 0.507 e. The minimum atomic E-state index is -1.05. The van der Waals surface area contributed by atoms with Crippen molar-refractivity contribution in [2.75, 3.05) is 4.90 Å². The van der Waals surface area contributed by atoms with Crippen LogP contribution in [0.15, 0.2) is 70.7 Å². The van der Waals surface area contributed by atoms with Crippen molar-refractivity contribution in [2.45, 2.75) is 13.0 Å². The highest BCUT2D eigenvalue weighted by Gasteiger charge is 2.49. The zero-order chi connectivity index (χ0) is 20.7. The van der Waals surface area contributed by atoms with Gasteiger partial charge in [0.1, 0.15) is 29.1 Å². The average Bonchev–Trinajstić information content (AvgIpc) is 3.23. The summed E-state index contributed by atoms with van der Waals surface area (Å²) in [6.45, 7) is 1.73. The number of hydrogen-bond acceptors (Lipinski definition) is 5. The van der Waals surface area contributed by atoms with Crippen LogP contribution in [0.5, 0.6) is 5.75 Å². The molecule has 0 radical (unpaired) electrons. The number of nitrogens with zero attached hydrogens (tertiary/aromatic N) is 1. The summed E-state index contributed by atoms with van der Waals surface area (Å²) in [5, 5.41) is 21.6. The van der Waals surface area contributed by atoms with Crippen molar-refractivity contribution in [2.24, 2.45) is 0 Å². The zero-order valence-corrected chi connectivity index (χ0v) is 16.1. The number of phenolic OH excluding ortho intramolecular Hbond substituents is 1. The lowest BCUT2D eigenvalue weighted by molar-refractivity contribution is -0.132. The molecule has 6 nitrogen and oxygen atoms in total. The van der Waals surface area contributed by atoms with Crippen LogP contribution in [0.2, 0.25) is 5.02 Å². The van der Waals surface area contributed by atoms with Crippen LogP contribution in [-0.4, -0.2) is 21.9 Å². The van der Waals surface area contributed by atoms with E-state index < -0.39 is 17.7 Å². The fourth-order valence-corrected chi connectivity index (χ4v) is 3.60. The van der Waals surface area contributed by atoms with Crippen LogP contribution in [0.4, 0.5) is 5.69 Å². The SMILES string of the molecule is Cc1ccc(C2/C(=C(/O)c3cccc(Cl)c3)C(=O)C(=O)N2c2ccccc2O)o1. The second-order valence-corrected chi connectivity index (χ2v) is 7.05. The molecule has 0 saturated carbocycles. The smallest absolute Gasteiger partial charge is 0.300 e. The molecule has 146 valence electrons. The van der Waals surface area contributed by atoms with E-state index >= 15 is 0 Å². The van der Waals surface area contributed by atoms with E-state index in [4.69, 9.17) is 16.0 Å². The van der Waals surface area contributed by atoms with Crippen molar-refractivity contribution in [3.63, 3.8) is 0 Å². The van der Waals surface area contributed by atoms with E-state index in [1.54, 1.807) is 49.4 Å². The maximum atomic E-state index is 12.9. The Bertz CT molecular complexity index is 1160. The molecule has 2 N–H and O–H groups in total. The van der Waals surface area contributed by atoms with E-state index in [0.717, 1.165) is 4.90 Å². The quantitative estimate of drug-likeness (QED) is 0.375. The number of carbonyl (C=O) groups excluding carboxylic acids is 2. The minimum absolute atomic E-state index is 0.138. The summed E-state index contributed by atoms with van der Waals surface area (Å²) in [5.41, 5.74) is 0.287. The number of phenols is 1. The topological polar surface area (TPSA) is 91.0 Å². The predicted molar refractivity (Wildman–Crippen MR) is 108 cm³/mol. The fourth-order valence-electron chi connectivity index (χ4n) is 3.41. The van der Waals surface area contributed by atoms with Gasteiger partial charge in [0.15, 0.2) is 0 Å². The highest BCUT2D eigenvalue weighted by Crippen LogP contribution is 2.45. The van der Waals surface area contributed by atoms with E-state index in [-0.39, 0.29) is 28.5 Å². The molecule has 0 spiro atoms. The maximum Gasteiger partial charge on any atom is 0.300 e. The highest BCUT2D eigenvalue weighted by molar-refractivity contribution is 6.51. The van der Waals surface area contributed by atoms with Crippen LogP contribution < -0.4 is 4.90 Å². The van der Waals surface area contributed by atoms with Gasteiger partial charge in [0, 0.05) is 10.6 Å². The summed E-state index contributed by atoms with van der Waals surface area (Å²) >= 11 is 6.02. The number of hydrogen-bond donors (Lipinski definition) is 2. The molecule has 1 aliphatic rings. The lowest BCUT2D eigenvalue weighted by Gasteiger charge is -2.24. The number of aryl methyl sites for hydroxylation is 1. The third-order valence-electron chi connectivity index (χ3n) is 4.71. The van der Waals surface area contributed by atoms with Gasteiger partial charge in [-0.25, -0.2) is 0 Å². The first-order valence-corrected chi connectivity index (χ1v) is 9.17. The predicted octanol–water partition coefficient (Wildman–Crippen LogP) is 4.57. The van der Waals surface area contributed by atoms with Crippen molar-refractivity contribution < 1.29 is 24.2 Å². The van der Waals surface area contributed by atoms with Gasteiger partial charge in [-0.1, -0.05) is 35.9 Å². The number of para-hydroxylation sites is 2. The Morgan fingerprint density at radius 1 is 1.07 bits per heavy atom. The van der Waals surface area contributed by atoms with E-state index in [0.29, 0.717) is 16.3 Å². The first-order chi connectivity index (χ1) is 13.9. The van der Waals surface area contributed by atoms with Crippen LogP contribution >= 0.6 is 11.6 Å². The van der Waals surface area contributed by atoms with Crippen LogP contribution in [-0.2, 0) is 9.59 Å². The summed E-state index contributed by atoms with van der Waals surface area (Å²) in [6, 6.07) is 14.8. The van der Waals surface area contributed by atoms with Gasteiger partial charge in [-0.2, -0.15) is 0 Å². The minimum Gasteiger partial charge on any atom is -0.507 e. The molecule has 1 aromatic heterocycles. The summed E-state index contributed by atoms with van der Waals surface area (Å²) in [4.78, 5) is 27.0. The Kier molecular flexibility index (Phi) is 4.64. The normalized spacial score (nSPS) is 18.4. The van der Waals surface area contributed by atoms with Crippen LogP contribution in [0.25, 0.3) is 5.76 Å². The van der Waals surface area contributed by atoms with Crippen LogP contribution in [0, 0.1) is 6.92 Å². The number of ketones is 1. The fraction of sp³-hybridized carbons (Fsp3) is 0.0909. The Morgan fingerprint density at radius 3 is 2.48 bits per heavy atom. The number of Topliss-reactive ketones (excluding diaryl/α,β-unsaturated/α-hetero) is 1. The first kappa shape index (κ1) is 18.8. The van der Waals surface area contributed by atoms with Gasteiger partial charge in [-0.3, -0.25) is 14.5 Å². The monoisotopic (exact) mass is 409 g/mol. The van der Waals surface area contributed by atoms with Gasteiger partial charge in [0.2, 0.25) is 0 Å². The average molecular weight is 410 g/mol. The Hall–Kier alpha value is -3.51. The molecular formula is C22H16ClNO5. The molecule has 1 saturated heterocycles. The number of aromatic hydroxyl groups is 1. The van der Waals surface area contributed by atoms with E-state index in [9.17, 15) is 19.8 Å². The summed E-state index contributed by atoms with van der Waals surface area (Å²) in [7, 11) is 0. The van der Waals surface area contributed by atoms with Crippen molar-refractivity contribution in [3.8, 4) is 5.75 Å². The van der Waals surface area contributed by atoms with Gasteiger partial charge in [0.05, 0.1) is 11.3 Å². The molecule has 1 amide bonds. The maximum absolute atomic E-state index is 12.9. The number of halogens is 1. The van der Waals surface area contributed by atoms with Gasteiger partial charge >= 0.3 is 0 Å². The van der Waals surface area contributed by atoms with Gasteiger partial charge < -0.3 is 14.6 Å². The molecule has 2 aromatic carbocycles. The van der Waals surface area contributed by atoms with E-state index in [1.807, 2.05) is 0 Å². The van der Waals surface area contributed by atoms with E-state index in [1.165, 1.54) is 18.2 Å². The van der Waals surface area contributed by atoms with Crippen molar-refractivity contribution in [1.82, 2.24) is 0 Å². The van der Waals surface area contributed by atoms with Crippen molar-refractivity contribution in [3.05, 3.63) is 88.3 Å². The lowest BCUT2D eigenvalue weighted by Crippen LogP contribution is -2.29. The van der Waals surface area contributed by atoms with Crippen molar-refractivity contribution >= 4 is 34.7 Å². The van der Waals surface area contributed by atoms with Gasteiger partial charge in [-0.05, 0) is 43.3 Å². The van der Waals surface area contributed by atoms with Crippen LogP contribution in [0.1, 0.15) is 23.1 Å². The summed E-state index contributed by atoms with van der Waals surface area (Å²) in [6.07, 6.45) is 0. The second kappa shape index (κ2) is 7.14. The standard InChI is InChI=1S/C22H16ClNO5/c1-12-9-10-17(29-12)19-18(20(26)13-5-4-6-14(23)11-13)21(27)22(28)24(19)15-7-2-3-8-16(15)25/h2-11,19,25-26H,1H3/b20-18-. The van der Waals surface area contributed by atoms with Crippen molar-refractivity contribution in [1.29, 1.82) is 0 Å². The Balaban J connectivity index is 1.97. The number of furan rings is 1. The molecule has 3 aromatic rings. The Morgan fingerprint density at radius 2 is 1.83 bits per heavy atom.